The monoisotopic (exact) mass is 189 g/mol. The zero-order valence-electron chi connectivity index (χ0n) is 6.54. The van der Waals surface area contributed by atoms with Gasteiger partial charge >= 0.3 is 11.9 Å². The van der Waals surface area contributed by atoms with Gasteiger partial charge in [-0.25, -0.2) is 9.78 Å². The van der Waals surface area contributed by atoms with Crippen molar-refractivity contribution < 1.29 is 13.9 Å². The van der Waals surface area contributed by atoms with Gasteiger partial charge in [0, 0.05) is 0 Å². The summed E-state index contributed by atoms with van der Waals surface area (Å²) in [5.41, 5.74) is 0.528. The Morgan fingerprint density at radius 1 is 1.83 bits per heavy atom. The molecule has 0 unspecified atom stereocenters. The molecule has 0 aromatic carbocycles. The van der Waals surface area contributed by atoms with Crippen LogP contribution in [0, 0.1) is 0 Å². The maximum atomic E-state index is 11.0. The minimum absolute atomic E-state index is 0.0486. The molecule has 0 aliphatic rings. The average molecular weight is 190 g/mol. The third-order valence-electron chi connectivity index (χ3n) is 1.14. The Morgan fingerprint density at radius 2 is 2.58 bits per heavy atom. The Kier molecular flexibility index (Phi) is 3.10. The first-order valence-electron chi connectivity index (χ1n) is 3.45. The summed E-state index contributed by atoms with van der Waals surface area (Å²) in [6.45, 7) is 2.01. The molecule has 0 N–H and O–H groups in total. The minimum Gasteiger partial charge on any atom is -0.459 e. The van der Waals surface area contributed by atoms with Crippen molar-refractivity contribution in [2.24, 2.45) is 0 Å². The first-order chi connectivity index (χ1) is 5.77. The van der Waals surface area contributed by atoms with Crippen molar-refractivity contribution in [2.75, 3.05) is 6.61 Å². The summed E-state index contributed by atoms with van der Waals surface area (Å²) in [7, 11) is 0. The number of halogens is 1. The lowest BCUT2D eigenvalue weighted by atomic mass is 10.6. The van der Waals surface area contributed by atoms with E-state index in [1.807, 2.05) is 0 Å². The molecule has 0 spiro atoms. The van der Waals surface area contributed by atoms with Crippen molar-refractivity contribution in [1.29, 1.82) is 0 Å². The third kappa shape index (κ3) is 1.98. The molecule has 1 aromatic rings. The fourth-order valence-corrected chi connectivity index (χ4v) is 0.778. The normalized spacial score (nSPS) is 9.83. The lowest BCUT2D eigenvalue weighted by Crippen LogP contribution is -2.04. The Labute approximate surface area is 74.5 Å². The van der Waals surface area contributed by atoms with E-state index in [1.54, 1.807) is 6.92 Å². The van der Waals surface area contributed by atoms with Crippen molar-refractivity contribution in [3.63, 3.8) is 0 Å². The number of carbonyl (C=O) groups is 1. The fraction of sp³-hybridized carbons (Fsp3) is 0.429. The molecule has 1 rings (SSSR count). The molecule has 1 aromatic heterocycles. The zero-order chi connectivity index (χ0) is 8.97. The van der Waals surface area contributed by atoms with E-state index in [4.69, 9.17) is 16.0 Å². The summed E-state index contributed by atoms with van der Waals surface area (Å²) in [6, 6.07) is 0. The highest BCUT2D eigenvalue weighted by molar-refractivity contribution is 6.16. The van der Waals surface area contributed by atoms with Crippen molar-refractivity contribution >= 4 is 17.6 Å². The Hall–Kier alpha value is -1.03. The maximum Gasteiger partial charge on any atom is 0.394 e. The van der Waals surface area contributed by atoms with Crippen molar-refractivity contribution in [3.8, 4) is 0 Å². The second-order valence-electron chi connectivity index (χ2n) is 2.00. The topological polar surface area (TPSA) is 52.3 Å². The minimum atomic E-state index is -0.561. The fourth-order valence-electron chi connectivity index (χ4n) is 0.655. The molecule has 4 nitrogen and oxygen atoms in total. The van der Waals surface area contributed by atoms with Gasteiger partial charge in [0.1, 0.15) is 6.26 Å². The summed E-state index contributed by atoms with van der Waals surface area (Å²) in [6.07, 6.45) is 1.33. The van der Waals surface area contributed by atoms with Gasteiger partial charge in [0.05, 0.1) is 18.2 Å². The van der Waals surface area contributed by atoms with Crippen LogP contribution in [0.4, 0.5) is 0 Å². The van der Waals surface area contributed by atoms with Gasteiger partial charge in [-0.3, -0.25) is 0 Å². The standard InChI is InChI=1S/C7H8ClNO3/c1-2-11-7(10)6-9-5(3-8)4-12-6/h4H,2-3H2,1H3. The molecule has 0 saturated carbocycles. The van der Waals surface area contributed by atoms with Gasteiger partial charge < -0.3 is 9.15 Å². The average Bonchev–Trinajstić information content (AvgIpc) is 2.52. The van der Waals surface area contributed by atoms with Crippen LogP contribution in [0.2, 0.25) is 0 Å². The second-order valence-corrected chi connectivity index (χ2v) is 2.27. The molecule has 5 heteroatoms. The van der Waals surface area contributed by atoms with Gasteiger partial charge in [0.25, 0.3) is 0 Å². The van der Waals surface area contributed by atoms with Crippen LogP contribution in [-0.2, 0) is 10.6 Å². The summed E-state index contributed by atoms with van der Waals surface area (Å²) >= 11 is 5.45. The van der Waals surface area contributed by atoms with Crippen LogP contribution in [0.3, 0.4) is 0 Å². The molecular formula is C7H8ClNO3. The van der Waals surface area contributed by atoms with E-state index in [0.29, 0.717) is 12.3 Å². The molecular weight excluding hydrogens is 182 g/mol. The van der Waals surface area contributed by atoms with E-state index < -0.39 is 5.97 Å². The second kappa shape index (κ2) is 4.11. The number of ether oxygens (including phenoxy) is 1. The Bertz CT molecular complexity index is 271. The number of hydrogen-bond donors (Lipinski definition) is 0. The van der Waals surface area contributed by atoms with Crippen LogP contribution in [-0.4, -0.2) is 17.6 Å². The van der Waals surface area contributed by atoms with Crippen molar-refractivity contribution in [1.82, 2.24) is 4.98 Å². The van der Waals surface area contributed by atoms with Crippen LogP contribution in [0.15, 0.2) is 10.7 Å². The van der Waals surface area contributed by atoms with Crippen LogP contribution >= 0.6 is 11.6 Å². The van der Waals surface area contributed by atoms with E-state index in [9.17, 15) is 4.79 Å². The van der Waals surface area contributed by atoms with Gasteiger partial charge in [-0.15, -0.1) is 11.6 Å². The first kappa shape index (κ1) is 9.06. The summed E-state index contributed by atoms with van der Waals surface area (Å²) in [5.74, 6) is -0.385. The molecule has 0 radical (unpaired) electrons. The third-order valence-corrected chi connectivity index (χ3v) is 1.41. The van der Waals surface area contributed by atoms with Crippen LogP contribution in [0.1, 0.15) is 23.3 Å². The molecule has 0 atom stereocenters. The number of oxazole rings is 1. The molecule has 0 saturated heterocycles. The highest BCUT2D eigenvalue weighted by Gasteiger charge is 2.13. The van der Waals surface area contributed by atoms with Gasteiger partial charge in [-0.05, 0) is 6.92 Å². The molecule has 1 heterocycles. The van der Waals surface area contributed by atoms with Crippen molar-refractivity contribution in [3.05, 3.63) is 17.8 Å². The molecule has 0 amide bonds. The predicted octanol–water partition coefficient (Wildman–Crippen LogP) is 1.59. The zero-order valence-corrected chi connectivity index (χ0v) is 7.30. The Balaban J connectivity index is 2.68. The number of alkyl halides is 1. The number of rotatable bonds is 3. The molecule has 0 fully saturated rings. The van der Waals surface area contributed by atoms with E-state index in [0.717, 1.165) is 0 Å². The number of esters is 1. The Morgan fingerprint density at radius 3 is 3.08 bits per heavy atom. The number of nitrogens with zero attached hydrogens (tertiary/aromatic N) is 1. The van der Waals surface area contributed by atoms with Gasteiger partial charge in [0.15, 0.2) is 0 Å². The molecule has 0 aliphatic carbocycles. The SMILES string of the molecule is CCOC(=O)c1nc(CCl)co1. The first-order valence-corrected chi connectivity index (χ1v) is 3.99. The van der Waals surface area contributed by atoms with Crippen LogP contribution in [0.5, 0.6) is 0 Å². The quantitative estimate of drug-likeness (QED) is 0.535. The van der Waals surface area contributed by atoms with E-state index >= 15 is 0 Å². The predicted molar refractivity (Wildman–Crippen MR) is 42.0 cm³/mol. The number of hydrogen-bond acceptors (Lipinski definition) is 4. The lowest BCUT2D eigenvalue weighted by Gasteiger charge is -1.94. The molecule has 0 bridgehead atoms. The molecule has 66 valence electrons. The summed E-state index contributed by atoms with van der Waals surface area (Å²) < 4.78 is 9.45. The largest absolute Gasteiger partial charge is 0.459 e. The van der Waals surface area contributed by atoms with E-state index in [2.05, 4.69) is 9.72 Å². The molecule has 12 heavy (non-hydrogen) atoms. The van der Waals surface area contributed by atoms with Gasteiger partial charge in [-0.2, -0.15) is 0 Å². The summed E-state index contributed by atoms with van der Waals surface area (Å²) in [5, 5.41) is 0. The summed E-state index contributed by atoms with van der Waals surface area (Å²) in [4.78, 5) is 14.7. The molecule has 0 aliphatic heterocycles. The van der Waals surface area contributed by atoms with Crippen molar-refractivity contribution in [2.45, 2.75) is 12.8 Å². The van der Waals surface area contributed by atoms with E-state index in [1.165, 1.54) is 6.26 Å². The van der Waals surface area contributed by atoms with E-state index in [-0.39, 0.29) is 11.8 Å². The number of carbonyl (C=O) groups excluding carboxylic acids is 1. The smallest absolute Gasteiger partial charge is 0.394 e. The highest BCUT2D eigenvalue weighted by atomic mass is 35.5. The van der Waals surface area contributed by atoms with Gasteiger partial charge in [-0.1, -0.05) is 0 Å². The maximum absolute atomic E-state index is 11.0. The lowest BCUT2D eigenvalue weighted by molar-refractivity contribution is 0.0481. The van der Waals surface area contributed by atoms with Crippen LogP contribution < -0.4 is 0 Å². The highest BCUT2D eigenvalue weighted by Crippen LogP contribution is 2.05. The number of aromatic nitrogens is 1. The van der Waals surface area contributed by atoms with Crippen LogP contribution in [0.25, 0.3) is 0 Å². The van der Waals surface area contributed by atoms with Gasteiger partial charge in [0.2, 0.25) is 0 Å².